The SMILES string of the molecule is COc1cccc(CC2C(=O)Nc3ccc(Br)cc32)c1OC. The maximum absolute atomic E-state index is 12.3. The monoisotopic (exact) mass is 361 g/mol. The van der Waals surface area contributed by atoms with Crippen LogP contribution in [-0.4, -0.2) is 20.1 Å². The van der Waals surface area contributed by atoms with Crippen LogP contribution in [0.4, 0.5) is 5.69 Å². The van der Waals surface area contributed by atoms with E-state index in [9.17, 15) is 4.79 Å². The summed E-state index contributed by atoms with van der Waals surface area (Å²) < 4.78 is 11.7. The molecule has 1 aliphatic heterocycles. The van der Waals surface area contributed by atoms with Crippen molar-refractivity contribution >= 4 is 27.5 Å². The van der Waals surface area contributed by atoms with E-state index in [0.717, 1.165) is 21.3 Å². The summed E-state index contributed by atoms with van der Waals surface area (Å²) in [7, 11) is 3.22. The van der Waals surface area contributed by atoms with E-state index in [-0.39, 0.29) is 11.8 Å². The predicted molar refractivity (Wildman–Crippen MR) is 88.8 cm³/mol. The van der Waals surface area contributed by atoms with Gasteiger partial charge in [-0.05, 0) is 41.8 Å². The number of benzene rings is 2. The van der Waals surface area contributed by atoms with E-state index in [1.807, 2.05) is 36.4 Å². The molecule has 2 aromatic carbocycles. The molecule has 0 spiro atoms. The Morgan fingerprint density at radius 1 is 1.18 bits per heavy atom. The molecular formula is C17H16BrNO3. The van der Waals surface area contributed by atoms with Crippen molar-refractivity contribution in [2.75, 3.05) is 19.5 Å². The lowest BCUT2D eigenvalue weighted by atomic mass is 9.92. The van der Waals surface area contributed by atoms with E-state index in [2.05, 4.69) is 21.2 Å². The van der Waals surface area contributed by atoms with Crippen LogP contribution < -0.4 is 14.8 Å². The molecule has 0 fully saturated rings. The van der Waals surface area contributed by atoms with Crippen molar-refractivity contribution in [2.24, 2.45) is 0 Å². The van der Waals surface area contributed by atoms with Crippen LogP contribution in [0.2, 0.25) is 0 Å². The Morgan fingerprint density at radius 2 is 2.00 bits per heavy atom. The summed E-state index contributed by atoms with van der Waals surface area (Å²) in [6.45, 7) is 0. The van der Waals surface area contributed by atoms with Gasteiger partial charge in [-0.15, -0.1) is 0 Å². The molecule has 1 amide bonds. The molecule has 0 saturated carbocycles. The molecule has 0 saturated heterocycles. The standard InChI is InChI=1S/C17H16BrNO3/c1-21-15-5-3-4-10(16(15)22-2)8-13-12-9-11(18)6-7-14(12)19-17(13)20/h3-7,9,13H,8H2,1-2H3,(H,19,20). The number of carbonyl (C=O) groups excluding carboxylic acids is 1. The van der Waals surface area contributed by atoms with Crippen LogP contribution in [0.3, 0.4) is 0 Å². The third-order valence-corrected chi connectivity index (χ3v) is 4.37. The molecule has 1 heterocycles. The average Bonchev–Trinajstić information content (AvgIpc) is 2.82. The first-order valence-electron chi connectivity index (χ1n) is 6.94. The highest BCUT2D eigenvalue weighted by Crippen LogP contribution is 2.39. The van der Waals surface area contributed by atoms with Crippen LogP contribution in [0, 0.1) is 0 Å². The molecular weight excluding hydrogens is 346 g/mol. The number of rotatable bonds is 4. The summed E-state index contributed by atoms with van der Waals surface area (Å²) in [6.07, 6.45) is 0.565. The van der Waals surface area contributed by atoms with Gasteiger partial charge in [0.1, 0.15) is 0 Å². The van der Waals surface area contributed by atoms with E-state index in [1.54, 1.807) is 14.2 Å². The minimum atomic E-state index is -0.228. The molecule has 3 rings (SSSR count). The largest absolute Gasteiger partial charge is 0.493 e. The third kappa shape index (κ3) is 2.57. The van der Waals surface area contributed by atoms with Crippen LogP contribution in [0.5, 0.6) is 11.5 Å². The van der Waals surface area contributed by atoms with Gasteiger partial charge >= 0.3 is 0 Å². The average molecular weight is 362 g/mol. The number of para-hydroxylation sites is 1. The zero-order chi connectivity index (χ0) is 15.7. The predicted octanol–water partition coefficient (Wildman–Crippen LogP) is 3.74. The Kier molecular flexibility index (Phi) is 4.07. The first-order valence-corrected chi connectivity index (χ1v) is 7.73. The molecule has 1 atom stereocenters. The molecule has 0 aromatic heterocycles. The van der Waals surface area contributed by atoms with Gasteiger partial charge in [0.2, 0.25) is 5.91 Å². The summed E-state index contributed by atoms with van der Waals surface area (Å²) in [5.41, 5.74) is 2.83. The second-order valence-corrected chi connectivity index (χ2v) is 6.05. The van der Waals surface area contributed by atoms with Crippen LogP contribution >= 0.6 is 15.9 Å². The molecule has 4 nitrogen and oxygen atoms in total. The van der Waals surface area contributed by atoms with Gasteiger partial charge in [-0.25, -0.2) is 0 Å². The number of carbonyl (C=O) groups is 1. The Balaban J connectivity index is 1.98. The maximum Gasteiger partial charge on any atom is 0.232 e. The first kappa shape index (κ1) is 14.9. The lowest BCUT2D eigenvalue weighted by Gasteiger charge is -2.15. The fraction of sp³-hybridized carbons (Fsp3) is 0.235. The number of ether oxygens (including phenoxy) is 2. The lowest BCUT2D eigenvalue weighted by Crippen LogP contribution is -2.14. The highest BCUT2D eigenvalue weighted by molar-refractivity contribution is 9.10. The van der Waals surface area contributed by atoms with Crippen molar-refractivity contribution in [1.82, 2.24) is 0 Å². The summed E-state index contributed by atoms with van der Waals surface area (Å²) in [5, 5.41) is 2.93. The van der Waals surface area contributed by atoms with E-state index < -0.39 is 0 Å². The van der Waals surface area contributed by atoms with Crippen molar-refractivity contribution in [3.63, 3.8) is 0 Å². The molecule has 0 radical (unpaired) electrons. The molecule has 0 aliphatic carbocycles. The van der Waals surface area contributed by atoms with E-state index >= 15 is 0 Å². The Hall–Kier alpha value is -2.01. The Labute approximate surface area is 137 Å². The van der Waals surface area contributed by atoms with E-state index in [0.29, 0.717) is 17.9 Å². The van der Waals surface area contributed by atoms with E-state index in [4.69, 9.17) is 9.47 Å². The fourth-order valence-corrected chi connectivity index (χ4v) is 3.21. The van der Waals surface area contributed by atoms with Gasteiger partial charge in [0.25, 0.3) is 0 Å². The number of anilines is 1. The molecule has 1 unspecified atom stereocenters. The van der Waals surface area contributed by atoms with Gasteiger partial charge < -0.3 is 14.8 Å². The van der Waals surface area contributed by atoms with Gasteiger partial charge in [0.05, 0.1) is 20.1 Å². The Morgan fingerprint density at radius 3 is 2.73 bits per heavy atom. The van der Waals surface area contributed by atoms with Gasteiger partial charge in [-0.1, -0.05) is 28.1 Å². The minimum absolute atomic E-state index is 0.0120. The molecule has 5 heteroatoms. The second kappa shape index (κ2) is 6.01. The number of amides is 1. The summed E-state index contributed by atoms with van der Waals surface area (Å²) >= 11 is 3.46. The van der Waals surface area contributed by atoms with Crippen LogP contribution in [0.25, 0.3) is 0 Å². The third-order valence-electron chi connectivity index (χ3n) is 3.87. The number of fused-ring (bicyclic) bond motifs is 1. The second-order valence-electron chi connectivity index (χ2n) is 5.13. The van der Waals surface area contributed by atoms with Crippen molar-refractivity contribution in [3.05, 3.63) is 52.0 Å². The lowest BCUT2D eigenvalue weighted by molar-refractivity contribution is -0.117. The molecule has 1 aliphatic rings. The maximum atomic E-state index is 12.3. The van der Waals surface area contributed by atoms with Crippen LogP contribution in [0.1, 0.15) is 17.0 Å². The number of methoxy groups -OCH3 is 2. The van der Waals surface area contributed by atoms with Crippen molar-refractivity contribution < 1.29 is 14.3 Å². The first-order chi connectivity index (χ1) is 10.6. The Bertz CT molecular complexity index is 730. The number of halogens is 1. The van der Waals surface area contributed by atoms with Gasteiger partial charge in [0, 0.05) is 10.2 Å². The fourth-order valence-electron chi connectivity index (χ4n) is 2.83. The smallest absolute Gasteiger partial charge is 0.232 e. The molecule has 1 N–H and O–H groups in total. The van der Waals surface area contributed by atoms with Crippen molar-refractivity contribution in [3.8, 4) is 11.5 Å². The molecule has 2 aromatic rings. The normalized spacial score (nSPS) is 16.1. The van der Waals surface area contributed by atoms with Crippen molar-refractivity contribution in [2.45, 2.75) is 12.3 Å². The number of hydrogen-bond acceptors (Lipinski definition) is 3. The van der Waals surface area contributed by atoms with Gasteiger partial charge in [-0.2, -0.15) is 0 Å². The van der Waals surface area contributed by atoms with Crippen molar-refractivity contribution in [1.29, 1.82) is 0 Å². The summed E-state index contributed by atoms with van der Waals surface area (Å²) in [5.74, 6) is 1.14. The van der Waals surface area contributed by atoms with Gasteiger partial charge in [-0.3, -0.25) is 4.79 Å². The van der Waals surface area contributed by atoms with Gasteiger partial charge in [0.15, 0.2) is 11.5 Å². The van der Waals surface area contributed by atoms with E-state index in [1.165, 1.54) is 0 Å². The van der Waals surface area contributed by atoms with Crippen LogP contribution in [0.15, 0.2) is 40.9 Å². The zero-order valence-electron chi connectivity index (χ0n) is 12.4. The number of nitrogens with one attached hydrogen (secondary N) is 1. The summed E-state index contributed by atoms with van der Waals surface area (Å²) in [6, 6.07) is 11.6. The quantitative estimate of drug-likeness (QED) is 0.901. The number of hydrogen-bond donors (Lipinski definition) is 1. The van der Waals surface area contributed by atoms with Crippen LogP contribution in [-0.2, 0) is 11.2 Å². The molecule has 114 valence electrons. The molecule has 0 bridgehead atoms. The topological polar surface area (TPSA) is 47.6 Å². The minimum Gasteiger partial charge on any atom is -0.493 e. The highest BCUT2D eigenvalue weighted by atomic mass is 79.9. The molecule has 22 heavy (non-hydrogen) atoms. The zero-order valence-corrected chi connectivity index (χ0v) is 13.9. The highest BCUT2D eigenvalue weighted by Gasteiger charge is 2.31. The summed E-state index contributed by atoms with van der Waals surface area (Å²) in [4.78, 5) is 12.3.